The Balaban J connectivity index is 0.00000289. The van der Waals surface area contributed by atoms with Crippen molar-refractivity contribution in [3.05, 3.63) is 72.4 Å². The minimum Gasteiger partial charge on any atom is -0.357 e. The summed E-state index contributed by atoms with van der Waals surface area (Å²) in [5.41, 5.74) is 2.18. The molecule has 1 aliphatic heterocycles. The first-order valence-corrected chi connectivity index (χ1v) is 10.7. The van der Waals surface area contributed by atoms with Crippen LogP contribution in [0, 0.1) is 5.82 Å². The van der Waals surface area contributed by atoms with Crippen LogP contribution in [0.4, 0.5) is 10.2 Å². The SMILES string of the molecule is CCNC(=NCCc1cnn(-c2ccccc2)c1)NC1CCN(c2ncccc2F)C1.I. The fourth-order valence-corrected chi connectivity index (χ4v) is 3.70. The van der Waals surface area contributed by atoms with Crippen molar-refractivity contribution in [2.75, 3.05) is 31.1 Å². The second-order valence-corrected chi connectivity index (χ2v) is 7.52. The summed E-state index contributed by atoms with van der Waals surface area (Å²) in [6, 6.07) is 13.3. The topological polar surface area (TPSA) is 70.4 Å². The lowest BCUT2D eigenvalue weighted by atomic mass is 10.2. The minimum absolute atomic E-state index is 0. The van der Waals surface area contributed by atoms with Gasteiger partial charge in [0.1, 0.15) is 0 Å². The number of guanidine groups is 1. The van der Waals surface area contributed by atoms with Crippen LogP contribution in [0.1, 0.15) is 18.9 Å². The summed E-state index contributed by atoms with van der Waals surface area (Å²) in [4.78, 5) is 10.9. The van der Waals surface area contributed by atoms with Crippen LogP contribution in [-0.2, 0) is 6.42 Å². The average molecular weight is 549 g/mol. The normalized spacial score (nSPS) is 16.0. The van der Waals surface area contributed by atoms with E-state index >= 15 is 0 Å². The van der Waals surface area contributed by atoms with E-state index in [4.69, 9.17) is 4.99 Å². The number of aliphatic imine (C=N–C) groups is 1. The lowest BCUT2D eigenvalue weighted by Gasteiger charge is -2.19. The Morgan fingerprint density at radius 3 is 2.84 bits per heavy atom. The number of aromatic nitrogens is 3. The average Bonchev–Trinajstić information content (AvgIpc) is 3.45. The van der Waals surface area contributed by atoms with E-state index in [1.54, 1.807) is 12.3 Å². The van der Waals surface area contributed by atoms with E-state index in [1.807, 2.05) is 59.2 Å². The third-order valence-corrected chi connectivity index (χ3v) is 5.24. The predicted octanol–water partition coefficient (Wildman–Crippen LogP) is 3.40. The Morgan fingerprint density at radius 2 is 2.06 bits per heavy atom. The molecule has 1 atom stereocenters. The molecule has 0 bridgehead atoms. The molecule has 3 aromatic rings. The van der Waals surface area contributed by atoms with Crippen LogP contribution in [0.15, 0.2) is 66.0 Å². The first-order valence-electron chi connectivity index (χ1n) is 10.7. The van der Waals surface area contributed by atoms with Crippen LogP contribution < -0.4 is 15.5 Å². The molecular formula is C23H29FIN7. The third kappa shape index (κ3) is 6.18. The fourth-order valence-electron chi connectivity index (χ4n) is 3.70. The zero-order chi connectivity index (χ0) is 21.5. The van der Waals surface area contributed by atoms with Crippen molar-refractivity contribution in [1.29, 1.82) is 0 Å². The summed E-state index contributed by atoms with van der Waals surface area (Å²) in [6.07, 6.45) is 7.27. The maximum atomic E-state index is 14.0. The van der Waals surface area contributed by atoms with E-state index in [-0.39, 0.29) is 35.8 Å². The summed E-state index contributed by atoms with van der Waals surface area (Å²) in [5, 5.41) is 11.2. The highest BCUT2D eigenvalue weighted by Crippen LogP contribution is 2.20. The van der Waals surface area contributed by atoms with Crippen LogP contribution in [0.25, 0.3) is 5.69 Å². The van der Waals surface area contributed by atoms with E-state index in [0.717, 1.165) is 43.1 Å². The van der Waals surface area contributed by atoms with Crippen LogP contribution in [0.3, 0.4) is 0 Å². The van der Waals surface area contributed by atoms with Gasteiger partial charge in [-0.15, -0.1) is 24.0 Å². The van der Waals surface area contributed by atoms with Crippen molar-refractivity contribution in [2.45, 2.75) is 25.8 Å². The summed E-state index contributed by atoms with van der Waals surface area (Å²) in [7, 11) is 0. The monoisotopic (exact) mass is 549 g/mol. The molecule has 4 rings (SSSR count). The van der Waals surface area contributed by atoms with Gasteiger partial charge in [-0.05, 0) is 49.6 Å². The van der Waals surface area contributed by atoms with Gasteiger partial charge in [0.25, 0.3) is 0 Å². The van der Waals surface area contributed by atoms with Crippen molar-refractivity contribution in [1.82, 2.24) is 25.4 Å². The number of rotatable bonds is 7. The number of para-hydroxylation sites is 1. The first-order chi connectivity index (χ1) is 15.2. The van der Waals surface area contributed by atoms with Gasteiger partial charge >= 0.3 is 0 Å². The van der Waals surface area contributed by atoms with E-state index in [2.05, 4.69) is 20.7 Å². The Morgan fingerprint density at radius 1 is 1.22 bits per heavy atom. The van der Waals surface area contributed by atoms with E-state index < -0.39 is 0 Å². The Bertz CT molecular complexity index is 1010. The molecule has 2 aromatic heterocycles. The predicted molar refractivity (Wildman–Crippen MR) is 137 cm³/mol. The Kier molecular flexibility index (Phi) is 8.83. The van der Waals surface area contributed by atoms with Gasteiger partial charge in [0.15, 0.2) is 17.6 Å². The zero-order valence-electron chi connectivity index (χ0n) is 18.1. The summed E-state index contributed by atoms with van der Waals surface area (Å²) in [6.45, 7) is 4.95. The molecule has 1 fully saturated rings. The molecule has 3 heterocycles. The lowest BCUT2D eigenvalue weighted by molar-refractivity contribution is 0.612. The summed E-state index contributed by atoms with van der Waals surface area (Å²) < 4.78 is 15.9. The number of anilines is 1. The largest absolute Gasteiger partial charge is 0.357 e. The van der Waals surface area contributed by atoms with Gasteiger partial charge in [-0.25, -0.2) is 14.1 Å². The summed E-state index contributed by atoms with van der Waals surface area (Å²) in [5.74, 6) is 0.926. The molecule has 0 spiro atoms. The molecule has 0 amide bonds. The number of hydrogen-bond acceptors (Lipinski definition) is 4. The van der Waals surface area contributed by atoms with Gasteiger partial charge in [0, 0.05) is 44.6 Å². The number of pyridine rings is 1. The fraction of sp³-hybridized carbons (Fsp3) is 0.348. The highest BCUT2D eigenvalue weighted by atomic mass is 127. The van der Waals surface area contributed by atoms with Gasteiger partial charge in [0.05, 0.1) is 11.9 Å². The zero-order valence-corrected chi connectivity index (χ0v) is 20.4. The van der Waals surface area contributed by atoms with Crippen molar-refractivity contribution < 1.29 is 4.39 Å². The number of nitrogens with zero attached hydrogens (tertiary/aromatic N) is 5. The van der Waals surface area contributed by atoms with Crippen LogP contribution in [0.5, 0.6) is 0 Å². The van der Waals surface area contributed by atoms with Crippen LogP contribution in [-0.4, -0.2) is 52.9 Å². The van der Waals surface area contributed by atoms with Gasteiger partial charge in [-0.2, -0.15) is 5.10 Å². The molecule has 1 aliphatic rings. The smallest absolute Gasteiger partial charge is 0.191 e. The lowest BCUT2D eigenvalue weighted by Crippen LogP contribution is -2.44. The Labute approximate surface area is 205 Å². The molecule has 1 unspecified atom stereocenters. The Hall–Kier alpha value is -2.69. The quantitative estimate of drug-likeness (QED) is 0.269. The molecule has 0 radical (unpaired) electrons. The summed E-state index contributed by atoms with van der Waals surface area (Å²) >= 11 is 0. The molecule has 0 saturated carbocycles. The molecule has 0 aliphatic carbocycles. The van der Waals surface area contributed by atoms with Crippen LogP contribution >= 0.6 is 24.0 Å². The van der Waals surface area contributed by atoms with E-state index in [9.17, 15) is 4.39 Å². The van der Waals surface area contributed by atoms with Crippen molar-refractivity contribution in [3.63, 3.8) is 0 Å². The van der Waals surface area contributed by atoms with E-state index in [1.165, 1.54) is 6.07 Å². The number of benzene rings is 1. The molecule has 9 heteroatoms. The van der Waals surface area contributed by atoms with Crippen LogP contribution in [0.2, 0.25) is 0 Å². The van der Waals surface area contributed by atoms with E-state index in [0.29, 0.717) is 18.9 Å². The molecular weight excluding hydrogens is 520 g/mol. The third-order valence-electron chi connectivity index (χ3n) is 5.24. The van der Waals surface area contributed by atoms with Gasteiger partial charge < -0.3 is 15.5 Å². The first kappa shape index (κ1) is 24.0. The second kappa shape index (κ2) is 11.8. The van der Waals surface area contributed by atoms with Crippen molar-refractivity contribution in [2.24, 2.45) is 4.99 Å². The maximum absolute atomic E-state index is 14.0. The number of nitrogens with one attached hydrogen (secondary N) is 2. The highest BCUT2D eigenvalue weighted by molar-refractivity contribution is 14.0. The number of halogens is 2. The van der Waals surface area contributed by atoms with Crippen molar-refractivity contribution in [3.8, 4) is 5.69 Å². The molecule has 7 nitrogen and oxygen atoms in total. The molecule has 32 heavy (non-hydrogen) atoms. The van der Waals surface area contributed by atoms with Gasteiger partial charge in [-0.1, -0.05) is 18.2 Å². The molecule has 2 N–H and O–H groups in total. The maximum Gasteiger partial charge on any atom is 0.191 e. The van der Waals surface area contributed by atoms with Gasteiger partial charge in [0.2, 0.25) is 0 Å². The van der Waals surface area contributed by atoms with Gasteiger partial charge in [-0.3, -0.25) is 4.99 Å². The standard InChI is InChI=1S/C23H28FN7.HI/c1-2-25-23(29-19-11-14-30(17-19)22-21(24)9-6-12-26-22)27-13-10-18-15-28-31(16-18)20-7-4-3-5-8-20;/h3-9,12,15-16,19H,2,10-11,13-14,17H2,1H3,(H2,25,27,29);1H. The highest BCUT2D eigenvalue weighted by Gasteiger charge is 2.25. The second-order valence-electron chi connectivity index (χ2n) is 7.52. The van der Waals surface area contributed by atoms with Crippen molar-refractivity contribution >= 4 is 35.8 Å². The molecule has 1 saturated heterocycles. The molecule has 1 aromatic carbocycles. The number of hydrogen-bond donors (Lipinski definition) is 2. The minimum atomic E-state index is -0.278. The molecule has 170 valence electrons.